The Balaban J connectivity index is 1.82. The summed E-state index contributed by atoms with van der Waals surface area (Å²) in [5.41, 5.74) is 0. The molecule has 0 unspecified atom stereocenters. The van der Waals surface area contributed by atoms with Crippen molar-refractivity contribution in [1.29, 1.82) is 0 Å². The summed E-state index contributed by atoms with van der Waals surface area (Å²) in [6.07, 6.45) is 7.18. The number of carbonyl (C=O) groups excluding carboxylic acids is 1. The van der Waals surface area contributed by atoms with Gasteiger partial charge in [-0.2, -0.15) is 0 Å². The average Bonchev–Trinajstić information content (AvgIpc) is 2.98. The first-order valence-corrected chi connectivity index (χ1v) is 7.26. The molecule has 19 heavy (non-hydrogen) atoms. The van der Waals surface area contributed by atoms with Crippen LogP contribution in [0.2, 0.25) is 0 Å². The molecule has 2 rings (SSSR count). The smallest absolute Gasteiger partial charge is 0.289 e. The summed E-state index contributed by atoms with van der Waals surface area (Å²) in [7, 11) is 1.88. The second-order valence-electron chi connectivity index (χ2n) is 5.35. The molecular formula is C15H24N2O2. The fourth-order valence-corrected chi connectivity index (χ4v) is 2.76. The third-order valence-electron chi connectivity index (χ3n) is 3.98. The van der Waals surface area contributed by atoms with E-state index < -0.39 is 0 Å². The van der Waals surface area contributed by atoms with Crippen LogP contribution in [0.15, 0.2) is 22.8 Å². The van der Waals surface area contributed by atoms with E-state index in [0.717, 1.165) is 32.2 Å². The Morgan fingerprint density at radius 1 is 1.42 bits per heavy atom. The molecule has 1 aromatic heterocycles. The molecule has 0 radical (unpaired) electrons. The number of rotatable bonds is 5. The van der Waals surface area contributed by atoms with Crippen LogP contribution >= 0.6 is 0 Å². The molecule has 4 heteroatoms. The maximum Gasteiger partial charge on any atom is 0.289 e. The minimum absolute atomic E-state index is 0.00466. The number of hydrogen-bond acceptors (Lipinski definition) is 3. The van der Waals surface area contributed by atoms with Crippen LogP contribution in [-0.2, 0) is 0 Å². The molecule has 1 amide bonds. The maximum absolute atomic E-state index is 12.2. The normalized spacial score (nSPS) is 23.3. The molecule has 1 N–H and O–H groups in total. The number of hydrogen-bond donors (Lipinski definition) is 1. The van der Waals surface area contributed by atoms with E-state index >= 15 is 0 Å². The van der Waals surface area contributed by atoms with Crippen LogP contribution < -0.4 is 5.32 Å². The average molecular weight is 264 g/mol. The second kappa shape index (κ2) is 6.75. The Hall–Kier alpha value is -1.29. The van der Waals surface area contributed by atoms with Gasteiger partial charge < -0.3 is 14.6 Å². The van der Waals surface area contributed by atoms with Gasteiger partial charge in [-0.15, -0.1) is 0 Å². The fraction of sp³-hybridized carbons (Fsp3) is 0.667. The number of furan rings is 1. The molecule has 0 spiro atoms. The van der Waals surface area contributed by atoms with Crippen molar-refractivity contribution in [3.63, 3.8) is 0 Å². The van der Waals surface area contributed by atoms with E-state index in [1.165, 1.54) is 6.42 Å². The molecule has 1 aromatic rings. The molecule has 0 aromatic carbocycles. The van der Waals surface area contributed by atoms with Crippen LogP contribution in [0.5, 0.6) is 0 Å². The quantitative estimate of drug-likeness (QED) is 0.889. The first kappa shape index (κ1) is 14.1. The molecule has 106 valence electrons. The van der Waals surface area contributed by atoms with Gasteiger partial charge in [0.2, 0.25) is 0 Å². The summed E-state index contributed by atoms with van der Waals surface area (Å²) in [5.74, 6) is 0.434. The Morgan fingerprint density at radius 2 is 2.16 bits per heavy atom. The molecule has 0 saturated heterocycles. The van der Waals surface area contributed by atoms with E-state index in [0.29, 0.717) is 17.8 Å². The molecule has 1 fully saturated rings. The van der Waals surface area contributed by atoms with Gasteiger partial charge in [0.05, 0.1) is 6.26 Å². The summed E-state index contributed by atoms with van der Waals surface area (Å²) < 4.78 is 5.18. The van der Waals surface area contributed by atoms with Crippen LogP contribution in [0, 0.1) is 0 Å². The van der Waals surface area contributed by atoms with Crippen LogP contribution in [0.3, 0.4) is 0 Å². The Kier molecular flexibility index (Phi) is 5.02. The monoisotopic (exact) mass is 264 g/mol. The largest absolute Gasteiger partial charge is 0.459 e. The minimum Gasteiger partial charge on any atom is -0.459 e. The van der Waals surface area contributed by atoms with Gasteiger partial charge in [-0.05, 0) is 50.8 Å². The zero-order valence-electron chi connectivity index (χ0n) is 11.9. The van der Waals surface area contributed by atoms with Crippen molar-refractivity contribution >= 4 is 5.91 Å². The van der Waals surface area contributed by atoms with Gasteiger partial charge in [-0.25, -0.2) is 0 Å². The molecule has 1 heterocycles. The van der Waals surface area contributed by atoms with Crippen molar-refractivity contribution < 1.29 is 9.21 Å². The van der Waals surface area contributed by atoms with Crippen molar-refractivity contribution in [1.82, 2.24) is 10.2 Å². The summed E-state index contributed by atoms with van der Waals surface area (Å²) in [6.45, 7) is 3.28. The standard InChI is InChI=1S/C15H24N2O2/c1-3-10-16-12-6-8-13(9-7-12)17(2)15(18)14-5-4-11-19-14/h4-5,11-13,16H,3,6-10H2,1-2H3. The lowest BCUT2D eigenvalue weighted by molar-refractivity contribution is 0.0652. The maximum atomic E-state index is 12.2. The molecule has 0 aliphatic heterocycles. The zero-order valence-corrected chi connectivity index (χ0v) is 11.9. The third kappa shape index (κ3) is 3.60. The molecule has 0 bridgehead atoms. The van der Waals surface area contributed by atoms with Gasteiger partial charge in [-0.3, -0.25) is 4.79 Å². The molecule has 1 aliphatic rings. The zero-order chi connectivity index (χ0) is 13.7. The SMILES string of the molecule is CCCNC1CCC(N(C)C(=O)c2ccco2)CC1. The van der Waals surface area contributed by atoms with Gasteiger partial charge in [-0.1, -0.05) is 6.92 Å². The summed E-state index contributed by atoms with van der Waals surface area (Å²) >= 11 is 0. The number of nitrogens with zero attached hydrogens (tertiary/aromatic N) is 1. The lowest BCUT2D eigenvalue weighted by atomic mass is 9.90. The minimum atomic E-state index is -0.00466. The third-order valence-corrected chi connectivity index (χ3v) is 3.98. The van der Waals surface area contributed by atoms with Crippen molar-refractivity contribution in [2.24, 2.45) is 0 Å². The van der Waals surface area contributed by atoms with Crippen LogP contribution in [0.1, 0.15) is 49.6 Å². The number of carbonyl (C=O) groups is 1. The molecule has 1 saturated carbocycles. The van der Waals surface area contributed by atoms with Gasteiger partial charge in [0.15, 0.2) is 5.76 Å². The number of nitrogens with one attached hydrogen (secondary N) is 1. The second-order valence-corrected chi connectivity index (χ2v) is 5.35. The molecular weight excluding hydrogens is 240 g/mol. The van der Waals surface area contributed by atoms with E-state index in [4.69, 9.17) is 4.42 Å². The van der Waals surface area contributed by atoms with Crippen LogP contribution in [0.25, 0.3) is 0 Å². The van der Waals surface area contributed by atoms with E-state index in [1.807, 2.05) is 11.9 Å². The topological polar surface area (TPSA) is 45.5 Å². The van der Waals surface area contributed by atoms with Crippen LogP contribution in [0.4, 0.5) is 0 Å². The fourth-order valence-electron chi connectivity index (χ4n) is 2.76. The Bertz CT molecular complexity index is 381. The molecule has 0 atom stereocenters. The highest BCUT2D eigenvalue weighted by Gasteiger charge is 2.27. The van der Waals surface area contributed by atoms with E-state index in [-0.39, 0.29) is 5.91 Å². The molecule has 1 aliphatic carbocycles. The predicted molar refractivity (Wildman–Crippen MR) is 75.1 cm³/mol. The molecule has 4 nitrogen and oxygen atoms in total. The van der Waals surface area contributed by atoms with E-state index in [1.54, 1.807) is 18.4 Å². The predicted octanol–water partition coefficient (Wildman–Crippen LogP) is 2.66. The highest BCUT2D eigenvalue weighted by Crippen LogP contribution is 2.23. The highest BCUT2D eigenvalue weighted by molar-refractivity contribution is 5.91. The summed E-state index contributed by atoms with van der Waals surface area (Å²) in [6, 6.07) is 4.46. The first-order valence-electron chi connectivity index (χ1n) is 7.26. The van der Waals surface area contributed by atoms with Crippen molar-refractivity contribution in [2.45, 2.75) is 51.1 Å². The van der Waals surface area contributed by atoms with E-state index in [2.05, 4.69) is 12.2 Å². The van der Waals surface area contributed by atoms with Gasteiger partial charge in [0.25, 0.3) is 5.91 Å². The van der Waals surface area contributed by atoms with Gasteiger partial charge >= 0.3 is 0 Å². The lowest BCUT2D eigenvalue weighted by Crippen LogP contribution is -2.43. The first-order chi connectivity index (χ1) is 9.22. The lowest BCUT2D eigenvalue weighted by Gasteiger charge is -2.34. The van der Waals surface area contributed by atoms with Gasteiger partial charge in [0, 0.05) is 19.1 Å². The number of amides is 1. The van der Waals surface area contributed by atoms with Crippen LogP contribution in [-0.4, -0.2) is 36.5 Å². The van der Waals surface area contributed by atoms with Crippen molar-refractivity contribution in [3.8, 4) is 0 Å². The van der Waals surface area contributed by atoms with E-state index in [9.17, 15) is 4.79 Å². The highest BCUT2D eigenvalue weighted by atomic mass is 16.3. The van der Waals surface area contributed by atoms with Crippen molar-refractivity contribution in [3.05, 3.63) is 24.2 Å². The Labute approximate surface area is 115 Å². The van der Waals surface area contributed by atoms with Crippen molar-refractivity contribution in [2.75, 3.05) is 13.6 Å². The van der Waals surface area contributed by atoms with Gasteiger partial charge in [0.1, 0.15) is 0 Å². The summed E-state index contributed by atoms with van der Waals surface area (Å²) in [4.78, 5) is 14.0. The Morgan fingerprint density at radius 3 is 2.74 bits per heavy atom. The summed E-state index contributed by atoms with van der Waals surface area (Å²) in [5, 5.41) is 3.57.